The predicted molar refractivity (Wildman–Crippen MR) is 92.4 cm³/mol. The maximum atomic E-state index is 12.3. The Hall–Kier alpha value is -1.56. The van der Waals surface area contributed by atoms with Crippen molar-refractivity contribution in [3.8, 4) is 0 Å². The lowest BCUT2D eigenvalue weighted by Crippen LogP contribution is -2.55. The Balaban J connectivity index is 1.90. The van der Waals surface area contributed by atoms with E-state index in [0.717, 1.165) is 24.1 Å². The summed E-state index contributed by atoms with van der Waals surface area (Å²) in [6.45, 7) is 4.66. The number of hydrogen-bond donors (Lipinski definition) is 2. The molecule has 0 spiro atoms. The minimum atomic E-state index is -0.104. The molecule has 1 aromatic rings. The zero-order valence-electron chi connectivity index (χ0n) is 15.1. The molecule has 2 amide bonds. The molecular weight excluding hydrogens is 290 g/mol. The van der Waals surface area contributed by atoms with E-state index in [4.69, 9.17) is 0 Å². The molecule has 0 bridgehead atoms. The van der Waals surface area contributed by atoms with E-state index in [1.165, 1.54) is 19.3 Å². The summed E-state index contributed by atoms with van der Waals surface area (Å²) in [5.74, 6) is 0. The van der Waals surface area contributed by atoms with Crippen LogP contribution in [0.4, 0.5) is 4.79 Å². The van der Waals surface area contributed by atoms with Crippen molar-refractivity contribution >= 4 is 6.03 Å². The number of carbonyl (C=O) groups is 1. The maximum Gasteiger partial charge on any atom is 0.315 e. The SMILES string of the molecule is Cc1nn(C)cc1C(C)NC(=O)NCC1(N(C)C)CCCCC1. The third-order valence-corrected chi connectivity index (χ3v) is 5.18. The first kappa shape index (κ1) is 17.8. The number of carbonyl (C=O) groups excluding carboxylic acids is 1. The van der Waals surface area contributed by atoms with E-state index < -0.39 is 0 Å². The number of nitrogens with zero attached hydrogens (tertiary/aromatic N) is 3. The van der Waals surface area contributed by atoms with Gasteiger partial charge in [-0.15, -0.1) is 0 Å². The summed E-state index contributed by atoms with van der Waals surface area (Å²) in [5, 5.41) is 10.4. The molecule has 1 unspecified atom stereocenters. The van der Waals surface area contributed by atoms with Gasteiger partial charge in [-0.2, -0.15) is 5.10 Å². The highest BCUT2D eigenvalue weighted by Gasteiger charge is 2.34. The summed E-state index contributed by atoms with van der Waals surface area (Å²) in [6, 6.07) is -0.155. The second-order valence-electron chi connectivity index (χ2n) is 7.07. The fourth-order valence-corrected chi connectivity index (χ4v) is 3.61. The molecule has 6 heteroatoms. The number of likely N-dealkylation sites (N-methyl/N-ethyl adjacent to an activating group) is 1. The van der Waals surface area contributed by atoms with Crippen molar-refractivity contribution in [1.82, 2.24) is 25.3 Å². The molecule has 6 nitrogen and oxygen atoms in total. The smallest absolute Gasteiger partial charge is 0.315 e. The van der Waals surface area contributed by atoms with Crippen molar-refractivity contribution in [2.75, 3.05) is 20.6 Å². The van der Waals surface area contributed by atoms with Crippen LogP contribution in [-0.4, -0.2) is 46.9 Å². The van der Waals surface area contributed by atoms with Gasteiger partial charge in [-0.3, -0.25) is 4.68 Å². The van der Waals surface area contributed by atoms with Gasteiger partial charge in [-0.1, -0.05) is 19.3 Å². The van der Waals surface area contributed by atoms with Crippen LogP contribution in [0.1, 0.15) is 56.3 Å². The third-order valence-electron chi connectivity index (χ3n) is 5.18. The molecule has 1 fully saturated rings. The fraction of sp³-hybridized carbons (Fsp3) is 0.765. The number of hydrogen-bond acceptors (Lipinski definition) is 3. The van der Waals surface area contributed by atoms with Crippen LogP contribution in [0.2, 0.25) is 0 Å². The molecular formula is C17H31N5O. The van der Waals surface area contributed by atoms with Crippen LogP contribution in [0.3, 0.4) is 0 Å². The van der Waals surface area contributed by atoms with E-state index in [-0.39, 0.29) is 17.6 Å². The lowest BCUT2D eigenvalue weighted by atomic mass is 9.80. The Morgan fingerprint density at radius 2 is 2.04 bits per heavy atom. The second-order valence-corrected chi connectivity index (χ2v) is 7.07. The van der Waals surface area contributed by atoms with Crippen molar-refractivity contribution in [3.63, 3.8) is 0 Å². The standard InChI is InChI=1S/C17H31N5O/c1-13(15-11-22(5)20-14(15)2)19-16(23)18-12-17(21(3)4)9-7-6-8-10-17/h11,13H,6-10,12H2,1-5H3,(H2,18,19,23). The zero-order chi connectivity index (χ0) is 17.0. The van der Waals surface area contributed by atoms with Crippen LogP contribution in [0.5, 0.6) is 0 Å². The highest BCUT2D eigenvalue weighted by molar-refractivity contribution is 5.74. The molecule has 1 aromatic heterocycles. The van der Waals surface area contributed by atoms with Crippen LogP contribution in [0.15, 0.2) is 6.20 Å². The molecule has 23 heavy (non-hydrogen) atoms. The van der Waals surface area contributed by atoms with Crippen molar-refractivity contribution in [2.24, 2.45) is 7.05 Å². The molecule has 1 saturated carbocycles. The van der Waals surface area contributed by atoms with Crippen LogP contribution in [0, 0.1) is 6.92 Å². The average Bonchev–Trinajstić information content (AvgIpc) is 2.85. The summed E-state index contributed by atoms with van der Waals surface area (Å²) in [4.78, 5) is 14.6. The van der Waals surface area contributed by atoms with Gasteiger partial charge in [0, 0.05) is 30.9 Å². The number of urea groups is 1. The molecule has 2 N–H and O–H groups in total. The van der Waals surface area contributed by atoms with Gasteiger partial charge in [0.1, 0.15) is 0 Å². The molecule has 0 saturated heterocycles. The highest BCUT2D eigenvalue weighted by atomic mass is 16.2. The fourth-order valence-electron chi connectivity index (χ4n) is 3.61. The number of aryl methyl sites for hydroxylation is 2. The largest absolute Gasteiger partial charge is 0.336 e. The van der Waals surface area contributed by atoms with Gasteiger partial charge in [0.05, 0.1) is 11.7 Å². The first-order chi connectivity index (χ1) is 10.8. The third kappa shape index (κ3) is 4.25. The lowest BCUT2D eigenvalue weighted by Gasteiger charge is -2.43. The topological polar surface area (TPSA) is 62.2 Å². The number of nitrogens with one attached hydrogen (secondary N) is 2. The molecule has 1 atom stereocenters. The van der Waals surface area contributed by atoms with Gasteiger partial charge >= 0.3 is 6.03 Å². The lowest BCUT2D eigenvalue weighted by molar-refractivity contribution is 0.101. The van der Waals surface area contributed by atoms with E-state index in [1.807, 2.05) is 27.1 Å². The normalized spacial score (nSPS) is 18.7. The van der Waals surface area contributed by atoms with Crippen LogP contribution >= 0.6 is 0 Å². The van der Waals surface area contributed by atoms with Crippen LogP contribution in [-0.2, 0) is 7.05 Å². The molecule has 1 heterocycles. The van der Waals surface area contributed by atoms with Gasteiger partial charge in [-0.25, -0.2) is 4.79 Å². The molecule has 0 aliphatic heterocycles. The van der Waals surface area contributed by atoms with E-state index >= 15 is 0 Å². The van der Waals surface area contributed by atoms with Gasteiger partial charge in [0.25, 0.3) is 0 Å². The van der Waals surface area contributed by atoms with Crippen LogP contribution < -0.4 is 10.6 Å². The molecule has 0 radical (unpaired) electrons. The maximum absolute atomic E-state index is 12.3. The summed E-state index contributed by atoms with van der Waals surface area (Å²) < 4.78 is 1.78. The monoisotopic (exact) mass is 321 g/mol. The minimum absolute atomic E-state index is 0.0506. The number of rotatable bonds is 5. The van der Waals surface area contributed by atoms with E-state index in [2.05, 4.69) is 34.7 Å². The first-order valence-corrected chi connectivity index (χ1v) is 8.56. The van der Waals surface area contributed by atoms with Gasteiger partial charge < -0.3 is 15.5 Å². The quantitative estimate of drug-likeness (QED) is 0.875. The van der Waals surface area contributed by atoms with E-state index in [0.29, 0.717) is 6.54 Å². The Labute approximate surface area is 139 Å². The summed E-state index contributed by atoms with van der Waals surface area (Å²) in [7, 11) is 6.13. The molecule has 0 aromatic carbocycles. The van der Waals surface area contributed by atoms with Crippen molar-refractivity contribution < 1.29 is 4.79 Å². The Morgan fingerprint density at radius 3 is 2.57 bits per heavy atom. The van der Waals surface area contributed by atoms with Crippen LogP contribution in [0.25, 0.3) is 0 Å². The number of amides is 2. The summed E-state index contributed by atoms with van der Waals surface area (Å²) in [5.41, 5.74) is 2.11. The first-order valence-electron chi connectivity index (χ1n) is 8.56. The molecule has 130 valence electrons. The predicted octanol–water partition coefficient (Wildman–Crippen LogP) is 2.35. The van der Waals surface area contributed by atoms with Gasteiger partial charge in [-0.05, 0) is 40.8 Å². The van der Waals surface area contributed by atoms with Crippen molar-refractivity contribution in [3.05, 3.63) is 17.5 Å². The number of aromatic nitrogens is 2. The average molecular weight is 321 g/mol. The zero-order valence-corrected chi connectivity index (χ0v) is 15.1. The van der Waals surface area contributed by atoms with Gasteiger partial charge in [0.2, 0.25) is 0 Å². The van der Waals surface area contributed by atoms with Crippen molar-refractivity contribution in [1.29, 1.82) is 0 Å². The van der Waals surface area contributed by atoms with Crippen molar-refractivity contribution in [2.45, 2.75) is 57.5 Å². The summed E-state index contributed by atoms with van der Waals surface area (Å²) >= 11 is 0. The molecule has 1 aliphatic carbocycles. The van der Waals surface area contributed by atoms with E-state index in [9.17, 15) is 4.79 Å². The summed E-state index contributed by atoms with van der Waals surface area (Å²) in [6.07, 6.45) is 8.05. The molecule has 1 aliphatic rings. The minimum Gasteiger partial charge on any atom is -0.336 e. The highest BCUT2D eigenvalue weighted by Crippen LogP contribution is 2.31. The second kappa shape index (κ2) is 7.34. The van der Waals surface area contributed by atoms with Gasteiger partial charge in [0.15, 0.2) is 0 Å². The Morgan fingerprint density at radius 1 is 1.39 bits per heavy atom. The molecule has 2 rings (SSSR count). The Bertz CT molecular complexity index is 531. The van der Waals surface area contributed by atoms with E-state index in [1.54, 1.807) is 4.68 Å². The Kier molecular flexibility index (Phi) is 5.68.